The molecule has 2 N–H and O–H groups in total. The van der Waals surface area contributed by atoms with Crippen molar-refractivity contribution < 1.29 is 13.2 Å². The maximum Gasteiger partial charge on any atom is 0.317 e. The topological polar surface area (TPSA) is 81.8 Å². The van der Waals surface area contributed by atoms with Crippen LogP contribution in [-0.4, -0.2) is 64.5 Å². The average molecular weight is 346 g/mol. The Kier molecular flexibility index (Phi) is 5.79. The summed E-state index contributed by atoms with van der Waals surface area (Å²) < 4.78 is 25.9. The lowest BCUT2D eigenvalue weighted by Crippen LogP contribution is -2.41. The van der Waals surface area contributed by atoms with Gasteiger partial charge in [-0.1, -0.05) is 0 Å². The number of carbonyl (C=O) groups excluding carboxylic acids is 1. The molecule has 0 spiro atoms. The second kappa shape index (κ2) is 7.40. The molecular weight excluding hydrogens is 324 g/mol. The molecule has 2 heterocycles. The van der Waals surface area contributed by atoms with Crippen LogP contribution < -0.4 is 10.0 Å². The van der Waals surface area contributed by atoms with E-state index in [0.29, 0.717) is 13.1 Å². The summed E-state index contributed by atoms with van der Waals surface area (Å²) in [6.07, 6.45) is 0.966. The number of carbonyl (C=O) groups is 1. The number of nitrogens with one attached hydrogen (secondary N) is 2. The zero-order valence-electron chi connectivity index (χ0n) is 12.8. The number of urea groups is 1. The van der Waals surface area contributed by atoms with Gasteiger partial charge in [0.05, 0.1) is 6.54 Å². The standard InChI is InChI=1S/C13H22N4O3S2/c1-14-22(19,20)12-5-4-11(21-12)10-15-13(18)17-7-3-6-16(2)8-9-17/h4-5,14H,3,6-10H2,1-2H3,(H,15,18). The molecule has 0 saturated carbocycles. The van der Waals surface area contributed by atoms with Crippen molar-refractivity contribution in [2.75, 3.05) is 40.3 Å². The minimum atomic E-state index is -3.41. The third-order valence-electron chi connectivity index (χ3n) is 3.59. The lowest BCUT2D eigenvalue weighted by molar-refractivity contribution is 0.199. The highest BCUT2D eigenvalue weighted by atomic mass is 32.2. The summed E-state index contributed by atoms with van der Waals surface area (Å²) in [6, 6.07) is 3.19. The zero-order valence-corrected chi connectivity index (χ0v) is 14.5. The lowest BCUT2D eigenvalue weighted by Gasteiger charge is -2.20. The summed E-state index contributed by atoms with van der Waals surface area (Å²) in [5.74, 6) is 0. The van der Waals surface area contributed by atoms with Crippen LogP contribution in [-0.2, 0) is 16.6 Å². The molecule has 2 rings (SSSR count). The first-order valence-electron chi connectivity index (χ1n) is 7.16. The predicted molar refractivity (Wildman–Crippen MR) is 86.5 cm³/mol. The van der Waals surface area contributed by atoms with Gasteiger partial charge in [-0.25, -0.2) is 17.9 Å². The Bertz CT molecular complexity index is 615. The molecule has 0 atom stereocenters. The van der Waals surface area contributed by atoms with Gasteiger partial charge in [0.15, 0.2) is 0 Å². The van der Waals surface area contributed by atoms with Crippen molar-refractivity contribution in [2.45, 2.75) is 17.2 Å². The molecule has 7 nitrogen and oxygen atoms in total. The van der Waals surface area contributed by atoms with Crippen molar-refractivity contribution in [3.63, 3.8) is 0 Å². The number of sulfonamides is 1. The van der Waals surface area contributed by atoms with Crippen LogP contribution in [0.15, 0.2) is 16.3 Å². The maximum absolute atomic E-state index is 12.2. The molecule has 1 aliphatic rings. The van der Waals surface area contributed by atoms with Gasteiger partial charge in [-0.15, -0.1) is 11.3 Å². The Hall–Kier alpha value is -1.16. The van der Waals surface area contributed by atoms with Gasteiger partial charge >= 0.3 is 6.03 Å². The summed E-state index contributed by atoms with van der Waals surface area (Å²) in [5, 5.41) is 2.86. The monoisotopic (exact) mass is 346 g/mol. The number of hydrogen-bond acceptors (Lipinski definition) is 5. The predicted octanol–water partition coefficient (Wildman–Crippen LogP) is 0.503. The summed E-state index contributed by atoms with van der Waals surface area (Å²) in [7, 11) is 0.0267. The highest BCUT2D eigenvalue weighted by Gasteiger charge is 2.18. The summed E-state index contributed by atoms with van der Waals surface area (Å²) >= 11 is 1.17. The smallest absolute Gasteiger partial charge is 0.317 e. The molecule has 1 aromatic heterocycles. The minimum Gasteiger partial charge on any atom is -0.333 e. The van der Waals surface area contributed by atoms with Crippen molar-refractivity contribution in [3.05, 3.63) is 17.0 Å². The highest BCUT2D eigenvalue weighted by Crippen LogP contribution is 2.21. The zero-order chi connectivity index (χ0) is 16.2. The fourth-order valence-electron chi connectivity index (χ4n) is 2.22. The number of hydrogen-bond donors (Lipinski definition) is 2. The van der Waals surface area contributed by atoms with Crippen molar-refractivity contribution in [1.29, 1.82) is 0 Å². The third-order valence-corrected chi connectivity index (χ3v) is 6.58. The van der Waals surface area contributed by atoms with E-state index in [1.807, 2.05) is 4.90 Å². The van der Waals surface area contributed by atoms with Gasteiger partial charge in [0.2, 0.25) is 10.0 Å². The largest absolute Gasteiger partial charge is 0.333 e. The highest BCUT2D eigenvalue weighted by molar-refractivity contribution is 7.91. The molecule has 1 fully saturated rings. The fourth-order valence-corrected chi connectivity index (χ4v) is 4.36. The van der Waals surface area contributed by atoms with Crippen LogP contribution in [0.25, 0.3) is 0 Å². The molecule has 0 bridgehead atoms. The van der Waals surface area contributed by atoms with Crippen LogP contribution in [0.4, 0.5) is 4.79 Å². The first-order valence-corrected chi connectivity index (χ1v) is 9.46. The molecule has 9 heteroatoms. The molecule has 124 valence electrons. The van der Waals surface area contributed by atoms with Crippen LogP contribution in [0.3, 0.4) is 0 Å². The molecule has 22 heavy (non-hydrogen) atoms. The Morgan fingerprint density at radius 3 is 2.77 bits per heavy atom. The second-order valence-electron chi connectivity index (χ2n) is 5.23. The van der Waals surface area contributed by atoms with Crippen LogP contribution >= 0.6 is 11.3 Å². The maximum atomic E-state index is 12.2. The summed E-state index contributed by atoms with van der Waals surface area (Å²) in [4.78, 5) is 17.0. The van der Waals surface area contributed by atoms with E-state index < -0.39 is 10.0 Å². The Balaban J connectivity index is 1.89. The van der Waals surface area contributed by atoms with Gasteiger partial charge in [-0.3, -0.25) is 0 Å². The fraction of sp³-hybridized carbons (Fsp3) is 0.615. The molecule has 1 aromatic rings. The van der Waals surface area contributed by atoms with Crippen molar-refractivity contribution in [3.8, 4) is 0 Å². The van der Waals surface area contributed by atoms with Crippen molar-refractivity contribution in [2.24, 2.45) is 0 Å². The minimum absolute atomic E-state index is 0.0956. The Morgan fingerprint density at radius 1 is 1.27 bits per heavy atom. The van der Waals surface area contributed by atoms with Crippen LogP contribution in [0.5, 0.6) is 0 Å². The summed E-state index contributed by atoms with van der Waals surface area (Å²) in [5.41, 5.74) is 0. The number of amides is 2. The van der Waals surface area contributed by atoms with E-state index in [1.165, 1.54) is 18.4 Å². The first-order chi connectivity index (χ1) is 10.4. The van der Waals surface area contributed by atoms with E-state index in [-0.39, 0.29) is 10.2 Å². The summed E-state index contributed by atoms with van der Waals surface area (Å²) in [6.45, 7) is 3.68. The molecule has 0 radical (unpaired) electrons. The van der Waals surface area contributed by atoms with Crippen molar-refractivity contribution >= 4 is 27.4 Å². The van der Waals surface area contributed by atoms with Gasteiger partial charge in [0, 0.05) is 24.5 Å². The van der Waals surface area contributed by atoms with Crippen LogP contribution in [0.2, 0.25) is 0 Å². The second-order valence-corrected chi connectivity index (χ2v) is 8.51. The van der Waals surface area contributed by atoms with E-state index in [0.717, 1.165) is 30.9 Å². The van der Waals surface area contributed by atoms with Crippen LogP contribution in [0, 0.1) is 0 Å². The van der Waals surface area contributed by atoms with Crippen LogP contribution in [0.1, 0.15) is 11.3 Å². The van der Waals surface area contributed by atoms with E-state index in [4.69, 9.17) is 0 Å². The molecule has 0 aliphatic carbocycles. The number of likely N-dealkylation sites (N-methyl/N-ethyl adjacent to an activating group) is 1. The quantitative estimate of drug-likeness (QED) is 0.832. The molecular formula is C13H22N4O3S2. The van der Waals surface area contributed by atoms with Gasteiger partial charge in [-0.2, -0.15) is 0 Å². The normalized spacial score (nSPS) is 17.3. The van der Waals surface area contributed by atoms with Gasteiger partial charge in [0.25, 0.3) is 0 Å². The molecule has 0 aromatic carbocycles. The van der Waals surface area contributed by atoms with E-state index >= 15 is 0 Å². The van der Waals surface area contributed by atoms with E-state index in [2.05, 4.69) is 22.0 Å². The molecule has 0 unspecified atom stereocenters. The van der Waals surface area contributed by atoms with Gasteiger partial charge in [0.1, 0.15) is 4.21 Å². The lowest BCUT2D eigenvalue weighted by atomic mass is 10.4. The number of thiophene rings is 1. The molecule has 2 amide bonds. The van der Waals surface area contributed by atoms with Gasteiger partial charge in [-0.05, 0) is 39.2 Å². The first kappa shape index (κ1) is 17.2. The van der Waals surface area contributed by atoms with Gasteiger partial charge < -0.3 is 15.1 Å². The Morgan fingerprint density at radius 2 is 2.05 bits per heavy atom. The SMILES string of the molecule is CNS(=O)(=O)c1ccc(CNC(=O)N2CCCN(C)CC2)s1. The molecule has 1 saturated heterocycles. The Labute approximate surface area is 135 Å². The average Bonchev–Trinajstić information content (AvgIpc) is 2.88. The van der Waals surface area contributed by atoms with E-state index in [9.17, 15) is 13.2 Å². The number of rotatable bonds is 4. The van der Waals surface area contributed by atoms with E-state index in [1.54, 1.807) is 12.1 Å². The third kappa shape index (κ3) is 4.42. The number of nitrogens with zero attached hydrogens (tertiary/aromatic N) is 2. The van der Waals surface area contributed by atoms with Crippen molar-refractivity contribution in [1.82, 2.24) is 19.8 Å². The molecule has 1 aliphatic heterocycles.